The van der Waals surface area contributed by atoms with Gasteiger partial charge in [0.1, 0.15) is 11.3 Å². The Bertz CT molecular complexity index is 1080. The topological polar surface area (TPSA) is 74.0 Å². The van der Waals surface area contributed by atoms with Crippen molar-refractivity contribution in [1.82, 2.24) is 20.1 Å². The van der Waals surface area contributed by atoms with E-state index in [9.17, 15) is 4.79 Å². The van der Waals surface area contributed by atoms with Crippen molar-refractivity contribution < 1.29 is 9.53 Å². The Morgan fingerprint density at radius 1 is 1.19 bits per heavy atom. The summed E-state index contributed by atoms with van der Waals surface area (Å²) < 4.78 is 5.67. The molecule has 4 rings (SSSR count). The molecule has 0 aliphatic carbocycles. The van der Waals surface area contributed by atoms with Crippen molar-refractivity contribution in [1.29, 1.82) is 0 Å². The molecule has 0 unspecified atom stereocenters. The third-order valence-electron chi connectivity index (χ3n) is 4.49. The molecule has 2 aromatic carbocycles. The summed E-state index contributed by atoms with van der Waals surface area (Å²) in [4.78, 5) is 17.9. The molecule has 6 nitrogen and oxygen atoms in total. The molecule has 0 saturated carbocycles. The molecular weight excluding hydrogens is 328 g/mol. The van der Waals surface area contributed by atoms with Crippen molar-refractivity contribution in [2.75, 3.05) is 13.7 Å². The number of hydrogen-bond donors (Lipinski definition) is 2. The van der Waals surface area contributed by atoms with E-state index in [1.165, 1.54) is 0 Å². The summed E-state index contributed by atoms with van der Waals surface area (Å²) in [5.41, 5.74) is 3.54. The molecule has 6 heteroatoms. The summed E-state index contributed by atoms with van der Waals surface area (Å²) in [7, 11) is 1.81. The van der Waals surface area contributed by atoms with Crippen molar-refractivity contribution in [2.24, 2.45) is 0 Å². The lowest BCUT2D eigenvalue weighted by atomic mass is 10.1. The Morgan fingerprint density at radius 2 is 2.08 bits per heavy atom. The van der Waals surface area contributed by atoms with Crippen LogP contribution < -0.4 is 4.74 Å². The Labute approximate surface area is 150 Å². The molecule has 0 radical (unpaired) electrons. The van der Waals surface area contributed by atoms with E-state index < -0.39 is 0 Å². The number of benzene rings is 2. The molecule has 0 saturated heterocycles. The molecule has 4 aromatic rings. The number of para-hydroxylation sites is 1. The highest BCUT2D eigenvalue weighted by atomic mass is 16.5. The summed E-state index contributed by atoms with van der Waals surface area (Å²) in [5, 5.41) is 8.97. The van der Waals surface area contributed by atoms with E-state index in [2.05, 4.69) is 21.2 Å². The molecule has 2 aromatic heterocycles. The van der Waals surface area contributed by atoms with Crippen LogP contribution in [0.5, 0.6) is 5.75 Å². The van der Waals surface area contributed by atoms with Gasteiger partial charge in [-0.3, -0.25) is 9.89 Å². The number of nitrogens with zero attached hydrogens (tertiary/aromatic N) is 2. The number of ether oxygens (including phenoxy) is 1. The molecule has 0 bridgehead atoms. The van der Waals surface area contributed by atoms with Gasteiger partial charge in [0.05, 0.1) is 18.3 Å². The van der Waals surface area contributed by atoms with Crippen molar-refractivity contribution in [3.8, 4) is 5.75 Å². The second-order valence-corrected chi connectivity index (χ2v) is 6.26. The van der Waals surface area contributed by atoms with Gasteiger partial charge in [-0.25, -0.2) is 0 Å². The first kappa shape index (κ1) is 16.2. The van der Waals surface area contributed by atoms with Gasteiger partial charge in [0, 0.05) is 30.7 Å². The number of H-pyrrole nitrogens is 2. The molecule has 132 valence electrons. The fraction of sp³-hybridized carbons (Fsp3) is 0.200. The van der Waals surface area contributed by atoms with Gasteiger partial charge in [-0.15, -0.1) is 0 Å². The van der Waals surface area contributed by atoms with Crippen molar-refractivity contribution in [3.05, 3.63) is 59.9 Å². The van der Waals surface area contributed by atoms with E-state index in [-0.39, 0.29) is 5.91 Å². The summed E-state index contributed by atoms with van der Waals surface area (Å²) in [6.07, 6.45) is 3.62. The van der Waals surface area contributed by atoms with Crippen molar-refractivity contribution >= 4 is 27.7 Å². The first-order chi connectivity index (χ1) is 12.7. The highest BCUT2D eigenvalue weighted by Crippen LogP contribution is 2.27. The van der Waals surface area contributed by atoms with Crippen LogP contribution in [0.3, 0.4) is 0 Å². The number of amides is 1. The van der Waals surface area contributed by atoms with Crippen molar-refractivity contribution in [2.45, 2.75) is 13.5 Å². The molecule has 26 heavy (non-hydrogen) atoms. The first-order valence-corrected chi connectivity index (χ1v) is 8.57. The maximum Gasteiger partial charge on any atom is 0.254 e. The average molecular weight is 348 g/mol. The number of fused-ring (bicyclic) bond motifs is 2. The third-order valence-corrected chi connectivity index (χ3v) is 4.49. The number of carbonyl (C=O) groups excluding carboxylic acids is 1. The second kappa shape index (κ2) is 6.55. The predicted molar refractivity (Wildman–Crippen MR) is 101 cm³/mol. The highest BCUT2D eigenvalue weighted by Gasteiger charge is 2.17. The largest absolute Gasteiger partial charge is 0.492 e. The summed E-state index contributed by atoms with van der Waals surface area (Å²) in [5.74, 6) is 0.586. The molecule has 2 N–H and O–H groups in total. The van der Waals surface area contributed by atoms with E-state index in [1.807, 2.05) is 44.4 Å². The van der Waals surface area contributed by atoms with Crippen LogP contribution in [0.4, 0.5) is 0 Å². The predicted octanol–water partition coefficient (Wildman–Crippen LogP) is 3.72. The smallest absolute Gasteiger partial charge is 0.254 e. The minimum absolute atomic E-state index is 0.0578. The van der Waals surface area contributed by atoms with Gasteiger partial charge in [0.25, 0.3) is 5.91 Å². The van der Waals surface area contributed by atoms with Gasteiger partial charge in [-0.05, 0) is 36.1 Å². The number of aromatic nitrogens is 3. The maximum atomic E-state index is 13.0. The van der Waals surface area contributed by atoms with E-state index in [4.69, 9.17) is 4.74 Å². The summed E-state index contributed by atoms with van der Waals surface area (Å²) in [6.45, 7) is 2.96. The number of aromatic amines is 2. The first-order valence-electron chi connectivity index (χ1n) is 8.57. The number of carbonyl (C=O) groups is 1. The SMILES string of the molecule is CCOc1cc(C(=O)N(C)Cc2cccc3cc[nH]c23)cc2cn[nH]c12. The van der Waals surface area contributed by atoms with Crippen LogP contribution in [-0.2, 0) is 6.54 Å². The number of hydrogen-bond acceptors (Lipinski definition) is 3. The van der Waals surface area contributed by atoms with Crippen LogP contribution in [0, 0.1) is 0 Å². The summed E-state index contributed by atoms with van der Waals surface area (Å²) in [6, 6.07) is 11.7. The minimum atomic E-state index is -0.0578. The molecule has 0 aliphatic heterocycles. The van der Waals surface area contributed by atoms with Gasteiger partial charge in [0.2, 0.25) is 0 Å². The minimum Gasteiger partial charge on any atom is -0.492 e. The molecule has 2 heterocycles. The van der Waals surface area contributed by atoms with Crippen LogP contribution in [0.1, 0.15) is 22.8 Å². The van der Waals surface area contributed by atoms with Crippen LogP contribution in [0.25, 0.3) is 21.8 Å². The standard InChI is InChI=1S/C20H20N4O2/c1-3-26-17-10-15(9-16-11-22-23-19(16)17)20(25)24(2)12-14-6-4-5-13-7-8-21-18(13)14/h4-11,21H,3,12H2,1-2H3,(H,22,23). The van der Waals surface area contributed by atoms with Crippen LogP contribution in [0.2, 0.25) is 0 Å². The fourth-order valence-corrected chi connectivity index (χ4v) is 3.25. The Kier molecular flexibility index (Phi) is 4.08. The second-order valence-electron chi connectivity index (χ2n) is 6.26. The van der Waals surface area contributed by atoms with Gasteiger partial charge in [-0.2, -0.15) is 5.10 Å². The van der Waals surface area contributed by atoms with E-state index in [1.54, 1.807) is 17.2 Å². The van der Waals surface area contributed by atoms with E-state index in [0.29, 0.717) is 24.5 Å². The highest BCUT2D eigenvalue weighted by molar-refractivity contribution is 5.99. The van der Waals surface area contributed by atoms with Crippen molar-refractivity contribution in [3.63, 3.8) is 0 Å². The molecule has 0 atom stereocenters. The monoisotopic (exact) mass is 348 g/mol. The Hall–Kier alpha value is -3.28. The van der Waals surface area contributed by atoms with Gasteiger partial charge >= 0.3 is 0 Å². The van der Waals surface area contributed by atoms with Crippen LogP contribution in [-0.4, -0.2) is 39.6 Å². The molecule has 0 aliphatic rings. The van der Waals surface area contributed by atoms with E-state index in [0.717, 1.165) is 27.4 Å². The lowest BCUT2D eigenvalue weighted by Gasteiger charge is -2.18. The average Bonchev–Trinajstić information content (AvgIpc) is 3.30. The van der Waals surface area contributed by atoms with Gasteiger partial charge in [0.15, 0.2) is 0 Å². The van der Waals surface area contributed by atoms with Crippen LogP contribution in [0.15, 0.2) is 48.8 Å². The van der Waals surface area contributed by atoms with E-state index >= 15 is 0 Å². The fourth-order valence-electron chi connectivity index (χ4n) is 3.25. The zero-order valence-electron chi connectivity index (χ0n) is 14.7. The molecular formula is C20H20N4O2. The lowest BCUT2D eigenvalue weighted by molar-refractivity contribution is 0.0785. The van der Waals surface area contributed by atoms with Gasteiger partial charge in [-0.1, -0.05) is 18.2 Å². The Morgan fingerprint density at radius 3 is 2.92 bits per heavy atom. The van der Waals surface area contributed by atoms with Crippen LogP contribution >= 0.6 is 0 Å². The molecule has 0 spiro atoms. The summed E-state index contributed by atoms with van der Waals surface area (Å²) >= 11 is 0. The van der Waals surface area contributed by atoms with Gasteiger partial charge < -0.3 is 14.6 Å². The third kappa shape index (κ3) is 2.79. The quantitative estimate of drug-likeness (QED) is 0.577. The Balaban J connectivity index is 1.64. The number of rotatable bonds is 5. The zero-order valence-corrected chi connectivity index (χ0v) is 14.7. The lowest BCUT2D eigenvalue weighted by Crippen LogP contribution is -2.26. The number of nitrogens with one attached hydrogen (secondary N) is 2. The molecule has 0 fully saturated rings. The normalized spacial score (nSPS) is 11.2. The molecule has 1 amide bonds. The zero-order chi connectivity index (χ0) is 18.1. The maximum absolute atomic E-state index is 13.0.